The van der Waals surface area contributed by atoms with Crippen LogP contribution in [0.5, 0.6) is 0 Å². The smallest absolute Gasteiger partial charge is 0.359 e. The molecule has 0 saturated heterocycles. The molecule has 0 fully saturated rings. The Labute approximate surface area is 78.4 Å². The first-order chi connectivity index (χ1) is 5.93. The maximum atomic E-state index is 12.2. The van der Waals surface area contributed by atoms with E-state index in [1.165, 1.54) is 4.90 Å². The molecule has 74 valence electrons. The number of nitrogens with two attached hydrogens (primary N) is 1. The van der Waals surface area contributed by atoms with Gasteiger partial charge in [-0.2, -0.15) is 13.2 Å². The van der Waals surface area contributed by atoms with E-state index >= 15 is 0 Å². The van der Waals surface area contributed by atoms with Crippen LogP contribution in [0.25, 0.3) is 0 Å². The molecule has 1 heterocycles. The van der Waals surface area contributed by atoms with Crippen LogP contribution >= 0.6 is 11.6 Å². The summed E-state index contributed by atoms with van der Waals surface area (Å²) in [6.07, 6.45) is -2.49. The Bertz CT molecular complexity index is 257. The van der Waals surface area contributed by atoms with Gasteiger partial charge in [0.15, 0.2) is 0 Å². The second-order valence-corrected chi connectivity index (χ2v) is 3.09. The second kappa shape index (κ2) is 3.59. The molecule has 2 N–H and O–H groups in total. The lowest BCUT2D eigenvalue weighted by Crippen LogP contribution is -2.30. The number of alkyl halides is 3. The highest BCUT2D eigenvalue weighted by Crippen LogP contribution is 2.30. The first-order valence-corrected chi connectivity index (χ1v) is 3.90. The summed E-state index contributed by atoms with van der Waals surface area (Å²) in [6, 6.07) is 0. The third-order valence-corrected chi connectivity index (χ3v) is 1.78. The van der Waals surface area contributed by atoms with Crippen molar-refractivity contribution in [1.82, 2.24) is 4.90 Å². The van der Waals surface area contributed by atoms with Crippen LogP contribution < -0.4 is 5.73 Å². The van der Waals surface area contributed by atoms with E-state index in [4.69, 9.17) is 17.3 Å². The molecule has 0 aromatic carbocycles. The fourth-order valence-electron chi connectivity index (χ4n) is 0.960. The van der Waals surface area contributed by atoms with Gasteiger partial charge in [-0.3, -0.25) is 0 Å². The van der Waals surface area contributed by atoms with Crippen molar-refractivity contribution in [2.75, 3.05) is 13.2 Å². The van der Waals surface area contributed by atoms with Gasteiger partial charge >= 0.3 is 6.18 Å². The molecule has 0 aromatic heterocycles. The minimum absolute atomic E-state index is 0.0175. The van der Waals surface area contributed by atoms with Crippen LogP contribution in [0.1, 0.15) is 0 Å². The van der Waals surface area contributed by atoms with Gasteiger partial charge in [-0.1, -0.05) is 11.6 Å². The Balaban J connectivity index is 2.89. The Morgan fingerprint density at radius 3 is 2.62 bits per heavy atom. The van der Waals surface area contributed by atoms with Gasteiger partial charge < -0.3 is 10.6 Å². The highest BCUT2D eigenvalue weighted by Gasteiger charge is 2.34. The monoisotopic (exact) mass is 212 g/mol. The van der Waals surface area contributed by atoms with Crippen LogP contribution in [-0.2, 0) is 0 Å². The number of hydrogen-bond acceptors (Lipinski definition) is 2. The maximum Gasteiger partial charge on any atom is 0.417 e. The van der Waals surface area contributed by atoms with Gasteiger partial charge in [0.1, 0.15) is 0 Å². The van der Waals surface area contributed by atoms with Gasteiger partial charge in [-0.15, -0.1) is 0 Å². The largest absolute Gasteiger partial charge is 0.417 e. The van der Waals surface area contributed by atoms with E-state index in [2.05, 4.69) is 0 Å². The quantitative estimate of drug-likeness (QED) is 0.718. The van der Waals surface area contributed by atoms with Crippen molar-refractivity contribution < 1.29 is 13.2 Å². The summed E-state index contributed by atoms with van der Waals surface area (Å²) in [5.41, 5.74) is 4.43. The summed E-state index contributed by atoms with van der Waals surface area (Å²) < 4.78 is 36.6. The summed E-state index contributed by atoms with van der Waals surface area (Å²) in [5.74, 6) is 0. The Morgan fingerprint density at radius 2 is 2.15 bits per heavy atom. The van der Waals surface area contributed by atoms with Crippen molar-refractivity contribution in [3.63, 3.8) is 0 Å². The van der Waals surface area contributed by atoms with Crippen molar-refractivity contribution >= 4 is 11.6 Å². The summed E-state index contributed by atoms with van der Waals surface area (Å²) in [4.78, 5) is 1.30. The number of hydrogen-bond donors (Lipinski definition) is 1. The molecule has 0 aliphatic carbocycles. The fourth-order valence-corrected chi connectivity index (χ4v) is 1.23. The number of halogens is 4. The molecule has 0 radical (unpaired) electrons. The van der Waals surface area contributed by atoms with E-state index in [1.54, 1.807) is 0 Å². The lowest BCUT2D eigenvalue weighted by atomic mass is 10.2. The Morgan fingerprint density at radius 1 is 1.54 bits per heavy atom. The van der Waals surface area contributed by atoms with E-state index < -0.39 is 11.7 Å². The van der Waals surface area contributed by atoms with Crippen LogP contribution in [0.15, 0.2) is 22.9 Å². The maximum absolute atomic E-state index is 12.2. The van der Waals surface area contributed by atoms with Gasteiger partial charge in [0.05, 0.1) is 18.8 Å². The van der Waals surface area contributed by atoms with E-state index in [9.17, 15) is 13.2 Å². The zero-order valence-corrected chi connectivity index (χ0v) is 7.36. The van der Waals surface area contributed by atoms with Crippen molar-refractivity contribution in [3.05, 3.63) is 22.9 Å². The van der Waals surface area contributed by atoms with Gasteiger partial charge in [0.2, 0.25) is 0 Å². The first-order valence-electron chi connectivity index (χ1n) is 3.52. The van der Waals surface area contributed by atoms with Gasteiger partial charge in [0, 0.05) is 11.2 Å². The zero-order chi connectivity index (χ0) is 10.1. The number of nitrogens with zero attached hydrogens (tertiary/aromatic N) is 1. The Hall–Kier alpha value is -0.680. The minimum Gasteiger partial charge on any atom is -0.359 e. The van der Waals surface area contributed by atoms with E-state index in [0.29, 0.717) is 0 Å². The third-order valence-electron chi connectivity index (χ3n) is 1.55. The molecule has 0 amide bonds. The molecule has 1 aliphatic heterocycles. The van der Waals surface area contributed by atoms with Crippen LogP contribution in [0.4, 0.5) is 13.2 Å². The molecule has 13 heavy (non-hydrogen) atoms. The minimum atomic E-state index is -4.37. The van der Waals surface area contributed by atoms with Crippen molar-refractivity contribution in [2.45, 2.75) is 6.18 Å². The van der Waals surface area contributed by atoms with Crippen LogP contribution in [0.3, 0.4) is 0 Å². The molecular formula is C7H8ClF3N2. The predicted molar refractivity (Wildman–Crippen MR) is 43.8 cm³/mol. The van der Waals surface area contributed by atoms with E-state index in [0.717, 1.165) is 12.3 Å². The summed E-state index contributed by atoms with van der Waals surface area (Å²) in [6.45, 7) is 0.251. The van der Waals surface area contributed by atoms with Crippen molar-refractivity contribution in [2.24, 2.45) is 5.73 Å². The molecular weight excluding hydrogens is 205 g/mol. The van der Waals surface area contributed by atoms with Crippen LogP contribution in [-0.4, -0.2) is 24.3 Å². The lowest BCUT2D eigenvalue weighted by Gasteiger charge is -2.23. The third kappa shape index (κ3) is 2.63. The summed E-state index contributed by atoms with van der Waals surface area (Å²) in [5, 5.41) is 0.139. The predicted octanol–water partition coefficient (Wildman–Crippen LogP) is 1.79. The van der Waals surface area contributed by atoms with E-state index in [-0.39, 0.29) is 18.2 Å². The van der Waals surface area contributed by atoms with Crippen molar-refractivity contribution in [1.29, 1.82) is 0 Å². The normalized spacial score (nSPS) is 18.4. The summed E-state index contributed by atoms with van der Waals surface area (Å²) in [7, 11) is 0. The molecule has 2 nitrogen and oxygen atoms in total. The molecule has 1 aliphatic rings. The van der Waals surface area contributed by atoms with Crippen molar-refractivity contribution in [3.8, 4) is 0 Å². The molecule has 0 atom stereocenters. The molecule has 0 saturated carbocycles. The molecule has 0 bridgehead atoms. The molecule has 0 aromatic rings. The van der Waals surface area contributed by atoms with Crippen LogP contribution in [0.2, 0.25) is 0 Å². The standard InChI is InChI=1S/C7H8ClF3N2/c8-6-1-5(7(9,10)11)2-13(3-6)4-12/h1-2H,3-4,12H2. The first kappa shape index (κ1) is 10.4. The zero-order valence-electron chi connectivity index (χ0n) is 6.61. The molecule has 6 heteroatoms. The Kier molecular flexibility index (Phi) is 2.87. The van der Waals surface area contributed by atoms with E-state index in [1.807, 2.05) is 0 Å². The van der Waals surface area contributed by atoms with Gasteiger partial charge in [-0.05, 0) is 6.08 Å². The molecule has 1 rings (SSSR count). The topological polar surface area (TPSA) is 29.3 Å². The second-order valence-electron chi connectivity index (χ2n) is 2.60. The van der Waals surface area contributed by atoms with Gasteiger partial charge in [-0.25, -0.2) is 0 Å². The highest BCUT2D eigenvalue weighted by molar-refractivity contribution is 6.30. The summed E-state index contributed by atoms with van der Waals surface area (Å²) >= 11 is 5.51. The number of allylic oxidation sites excluding steroid dienone is 2. The van der Waals surface area contributed by atoms with Crippen LogP contribution in [0, 0.1) is 0 Å². The molecule has 0 spiro atoms. The molecule has 0 unspecified atom stereocenters. The van der Waals surface area contributed by atoms with Gasteiger partial charge in [0.25, 0.3) is 0 Å². The number of rotatable bonds is 1. The SMILES string of the molecule is NCN1C=C(C(F)(F)F)C=C(Cl)C1. The highest BCUT2D eigenvalue weighted by atomic mass is 35.5. The fraction of sp³-hybridized carbons (Fsp3) is 0.429. The lowest BCUT2D eigenvalue weighted by molar-refractivity contribution is -0.0896. The average molecular weight is 213 g/mol. The average Bonchev–Trinajstić information content (AvgIpc) is 2.01.